The van der Waals surface area contributed by atoms with Gasteiger partial charge >= 0.3 is 12.2 Å². The molecule has 0 spiro atoms. The lowest BCUT2D eigenvalue weighted by Crippen LogP contribution is -2.37. The van der Waals surface area contributed by atoms with Crippen LogP contribution in [0.5, 0.6) is 0 Å². The number of urea groups is 1. The lowest BCUT2D eigenvalue weighted by molar-refractivity contribution is -0.140. The van der Waals surface area contributed by atoms with Gasteiger partial charge in [0.15, 0.2) is 10.8 Å². The average molecular weight is 282 g/mol. The summed E-state index contributed by atoms with van der Waals surface area (Å²) in [7, 11) is 3.19. The highest BCUT2D eigenvalue weighted by molar-refractivity contribution is 7.13. The van der Waals surface area contributed by atoms with Gasteiger partial charge in [0.05, 0.1) is 0 Å². The van der Waals surface area contributed by atoms with Crippen molar-refractivity contribution >= 4 is 22.5 Å². The van der Waals surface area contributed by atoms with Gasteiger partial charge in [-0.1, -0.05) is 0 Å². The fourth-order valence-corrected chi connectivity index (χ4v) is 1.73. The third-order valence-electron chi connectivity index (χ3n) is 1.88. The summed E-state index contributed by atoms with van der Waals surface area (Å²) in [5.74, 6) is 0. The van der Waals surface area contributed by atoms with E-state index in [4.69, 9.17) is 0 Å². The number of amides is 2. The first kappa shape index (κ1) is 14.6. The number of nitrogens with zero attached hydrogens (tertiary/aromatic N) is 2. The number of alkyl halides is 3. The van der Waals surface area contributed by atoms with E-state index < -0.39 is 11.9 Å². The summed E-state index contributed by atoms with van der Waals surface area (Å²) < 4.78 is 36.7. The zero-order valence-corrected chi connectivity index (χ0v) is 10.7. The summed E-state index contributed by atoms with van der Waals surface area (Å²) in [6, 6.07) is -0.257. The summed E-state index contributed by atoms with van der Waals surface area (Å²) in [6.45, 7) is 0.613. The molecule has 1 aromatic heterocycles. The van der Waals surface area contributed by atoms with E-state index in [1.165, 1.54) is 4.90 Å². The Labute approximate surface area is 106 Å². The minimum atomic E-state index is -4.42. The van der Waals surface area contributed by atoms with Crippen molar-refractivity contribution < 1.29 is 18.0 Å². The zero-order chi connectivity index (χ0) is 13.8. The van der Waals surface area contributed by atoms with Crippen molar-refractivity contribution in [3.8, 4) is 0 Å². The number of rotatable bonds is 4. The van der Waals surface area contributed by atoms with Crippen LogP contribution in [0.25, 0.3) is 0 Å². The van der Waals surface area contributed by atoms with Crippen LogP contribution in [-0.2, 0) is 6.18 Å². The standard InChI is InChI=1S/C9H13F3N4OS/c1-16(2)8(17)14-4-3-13-7-15-6(5-18-7)9(10,11)12/h5H,3-4H2,1-2H3,(H,13,15)(H,14,17). The van der Waals surface area contributed by atoms with Gasteiger partial charge in [-0.2, -0.15) is 13.2 Å². The van der Waals surface area contributed by atoms with Gasteiger partial charge in [-0.25, -0.2) is 9.78 Å². The Hall–Kier alpha value is -1.51. The maximum Gasteiger partial charge on any atom is 0.434 e. The van der Waals surface area contributed by atoms with E-state index in [9.17, 15) is 18.0 Å². The molecule has 2 amide bonds. The van der Waals surface area contributed by atoms with Crippen molar-refractivity contribution in [2.75, 3.05) is 32.5 Å². The quantitative estimate of drug-likeness (QED) is 0.829. The number of thiazole rings is 1. The highest BCUT2D eigenvalue weighted by Gasteiger charge is 2.33. The minimum Gasteiger partial charge on any atom is -0.360 e. The Morgan fingerprint density at radius 2 is 2.11 bits per heavy atom. The first-order valence-electron chi connectivity index (χ1n) is 5.02. The molecule has 0 aromatic carbocycles. The first-order chi connectivity index (χ1) is 8.30. The molecule has 9 heteroatoms. The van der Waals surface area contributed by atoms with Crippen LogP contribution in [0.3, 0.4) is 0 Å². The van der Waals surface area contributed by atoms with E-state index >= 15 is 0 Å². The van der Waals surface area contributed by atoms with Crippen LogP contribution in [0, 0.1) is 0 Å². The predicted molar refractivity (Wildman–Crippen MR) is 62.7 cm³/mol. The van der Waals surface area contributed by atoms with Gasteiger partial charge in [0.2, 0.25) is 0 Å². The van der Waals surface area contributed by atoms with Crippen molar-refractivity contribution in [1.82, 2.24) is 15.2 Å². The number of hydrogen-bond donors (Lipinski definition) is 2. The smallest absolute Gasteiger partial charge is 0.360 e. The number of anilines is 1. The second-order valence-electron chi connectivity index (χ2n) is 3.59. The lowest BCUT2D eigenvalue weighted by atomic mass is 10.5. The molecular weight excluding hydrogens is 269 g/mol. The number of aromatic nitrogens is 1. The molecule has 0 aliphatic rings. The summed E-state index contributed by atoms with van der Waals surface area (Å²) >= 11 is 0.876. The number of carbonyl (C=O) groups is 1. The third-order valence-corrected chi connectivity index (χ3v) is 2.68. The van der Waals surface area contributed by atoms with Crippen LogP contribution in [0.15, 0.2) is 5.38 Å². The van der Waals surface area contributed by atoms with Gasteiger partial charge < -0.3 is 15.5 Å². The van der Waals surface area contributed by atoms with Gasteiger partial charge in [-0.3, -0.25) is 0 Å². The highest BCUT2D eigenvalue weighted by Crippen LogP contribution is 2.31. The van der Waals surface area contributed by atoms with Gasteiger partial charge in [0.1, 0.15) is 0 Å². The van der Waals surface area contributed by atoms with Gasteiger partial charge in [-0.05, 0) is 0 Å². The Bertz CT molecular complexity index is 405. The van der Waals surface area contributed by atoms with Crippen LogP contribution in [0.2, 0.25) is 0 Å². The van der Waals surface area contributed by atoms with Crippen LogP contribution in [0.1, 0.15) is 5.69 Å². The van der Waals surface area contributed by atoms with Crippen LogP contribution in [-0.4, -0.2) is 43.1 Å². The Morgan fingerprint density at radius 3 is 2.61 bits per heavy atom. The number of nitrogens with one attached hydrogen (secondary N) is 2. The predicted octanol–water partition coefficient (Wildman–Crippen LogP) is 1.85. The molecule has 0 unspecified atom stereocenters. The number of halogens is 3. The summed E-state index contributed by atoms with van der Waals surface area (Å²) in [5.41, 5.74) is -0.910. The number of carbonyl (C=O) groups excluding carboxylic acids is 1. The molecule has 0 radical (unpaired) electrons. The molecule has 2 N–H and O–H groups in total. The molecule has 1 aromatic rings. The highest BCUT2D eigenvalue weighted by atomic mass is 32.1. The van der Waals surface area contributed by atoms with Crippen molar-refractivity contribution in [3.63, 3.8) is 0 Å². The maximum absolute atomic E-state index is 12.2. The molecule has 0 fully saturated rings. The summed E-state index contributed by atoms with van der Waals surface area (Å²) in [4.78, 5) is 15.9. The zero-order valence-electron chi connectivity index (χ0n) is 9.84. The van der Waals surface area contributed by atoms with Crippen LogP contribution < -0.4 is 10.6 Å². The van der Waals surface area contributed by atoms with E-state index in [0.29, 0.717) is 13.1 Å². The Kier molecular flexibility index (Phi) is 4.76. The average Bonchev–Trinajstić information content (AvgIpc) is 2.72. The largest absolute Gasteiger partial charge is 0.434 e. The van der Waals surface area contributed by atoms with E-state index in [-0.39, 0.29) is 11.2 Å². The monoisotopic (exact) mass is 282 g/mol. The summed E-state index contributed by atoms with van der Waals surface area (Å²) in [6.07, 6.45) is -4.42. The molecule has 1 heterocycles. The fraction of sp³-hybridized carbons (Fsp3) is 0.556. The van der Waals surface area contributed by atoms with Crippen molar-refractivity contribution in [2.45, 2.75) is 6.18 Å². The molecule has 0 aliphatic heterocycles. The first-order valence-corrected chi connectivity index (χ1v) is 5.90. The lowest BCUT2D eigenvalue weighted by Gasteiger charge is -2.11. The molecule has 0 aliphatic carbocycles. The van der Waals surface area contributed by atoms with Crippen LogP contribution in [0.4, 0.5) is 23.1 Å². The third kappa shape index (κ3) is 4.40. The van der Waals surface area contributed by atoms with Crippen molar-refractivity contribution in [3.05, 3.63) is 11.1 Å². The molecule has 5 nitrogen and oxygen atoms in total. The van der Waals surface area contributed by atoms with E-state index in [0.717, 1.165) is 16.7 Å². The normalized spacial score (nSPS) is 11.2. The maximum atomic E-state index is 12.2. The van der Waals surface area contributed by atoms with Crippen LogP contribution >= 0.6 is 11.3 Å². The molecule has 0 saturated carbocycles. The topological polar surface area (TPSA) is 57.3 Å². The van der Waals surface area contributed by atoms with E-state index in [1.807, 2.05) is 0 Å². The van der Waals surface area contributed by atoms with Crippen molar-refractivity contribution in [1.29, 1.82) is 0 Å². The number of hydrogen-bond acceptors (Lipinski definition) is 4. The molecular formula is C9H13F3N4OS. The molecule has 1 rings (SSSR count). The fourth-order valence-electron chi connectivity index (χ4n) is 0.982. The molecule has 0 saturated heterocycles. The van der Waals surface area contributed by atoms with Gasteiger partial charge in [0.25, 0.3) is 0 Å². The summed E-state index contributed by atoms with van der Waals surface area (Å²) in [5, 5.41) is 6.40. The van der Waals surface area contributed by atoms with Crippen molar-refractivity contribution in [2.24, 2.45) is 0 Å². The Balaban J connectivity index is 2.32. The second-order valence-corrected chi connectivity index (χ2v) is 4.45. The molecule has 102 valence electrons. The van der Waals surface area contributed by atoms with E-state index in [2.05, 4.69) is 15.6 Å². The van der Waals surface area contributed by atoms with Gasteiger partial charge in [-0.15, -0.1) is 11.3 Å². The minimum absolute atomic E-state index is 0.182. The van der Waals surface area contributed by atoms with E-state index in [1.54, 1.807) is 14.1 Å². The second kappa shape index (κ2) is 5.89. The SMILES string of the molecule is CN(C)C(=O)NCCNc1nc(C(F)(F)F)cs1. The molecule has 0 bridgehead atoms. The van der Waals surface area contributed by atoms with Gasteiger partial charge in [0, 0.05) is 32.6 Å². The molecule has 18 heavy (non-hydrogen) atoms. The molecule has 0 atom stereocenters. The Morgan fingerprint density at radius 1 is 1.44 bits per heavy atom.